The summed E-state index contributed by atoms with van der Waals surface area (Å²) in [6.07, 6.45) is 1.95. The standard InChI is InChI=1S/C30H27N/c1-20-18-23(21-8-6-5-7-9-21)12-14-25(20)29-27-15-11-22-10-13-24(30(2,3)4)19-28(22)26(27)16-17-31-29/h5-19H,1-4H3. The topological polar surface area (TPSA) is 12.9 Å². The van der Waals surface area contributed by atoms with Gasteiger partial charge in [-0.1, -0.05) is 93.6 Å². The molecule has 4 aromatic carbocycles. The maximum absolute atomic E-state index is 4.82. The monoisotopic (exact) mass is 401 g/mol. The van der Waals surface area contributed by atoms with Crippen molar-refractivity contribution in [3.05, 3.63) is 102 Å². The Hall–Kier alpha value is -3.45. The van der Waals surface area contributed by atoms with Gasteiger partial charge >= 0.3 is 0 Å². The molecule has 31 heavy (non-hydrogen) atoms. The molecule has 0 spiro atoms. The second-order valence-corrected chi connectivity index (χ2v) is 9.40. The fraction of sp³-hybridized carbons (Fsp3) is 0.167. The van der Waals surface area contributed by atoms with Gasteiger partial charge in [0.15, 0.2) is 0 Å². The number of hydrogen-bond donors (Lipinski definition) is 0. The van der Waals surface area contributed by atoms with Gasteiger partial charge in [0.1, 0.15) is 0 Å². The molecule has 0 atom stereocenters. The number of aryl methyl sites for hydroxylation is 1. The average molecular weight is 402 g/mol. The fourth-order valence-electron chi connectivity index (χ4n) is 4.41. The van der Waals surface area contributed by atoms with Gasteiger partial charge in [-0.3, -0.25) is 4.98 Å². The quantitative estimate of drug-likeness (QED) is 0.271. The summed E-state index contributed by atoms with van der Waals surface area (Å²) in [7, 11) is 0. The molecule has 0 saturated carbocycles. The van der Waals surface area contributed by atoms with E-state index >= 15 is 0 Å². The van der Waals surface area contributed by atoms with Gasteiger partial charge in [0.05, 0.1) is 5.69 Å². The van der Waals surface area contributed by atoms with Gasteiger partial charge in [0.25, 0.3) is 0 Å². The van der Waals surface area contributed by atoms with Crippen molar-refractivity contribution in [1.82, 2.24) is 4.98 Å². The van der Waals surface area contributed by atoms with E-state index in [4.69, 9.17) is 4.98 Å². The van der Waals surface area contributed by atoms with E-state index in [9.17, 15) is 0 Å². The second kappa shape index (κ2) is 7.35. The number of benzene rings is 4. The number of hydrogen-bond acceptors (Lipinski definition) is 1. The normalized spacial score (nSPS) is 11.9. The molecule has 0 fully saturated rings. The van der Waals surface area contributed by atoms with Gasteiger partial charge in [-0.2, -0.15) is 0 Å². The van der Waals surface area contributed by atoms with Crippen molar-refractivity contribution >= 4 is 21.5 Å². The first-order chi connectivity index (χ1) is 14.9. The van der Waals surface area contributed by atoms with Gasteiger partial charge in [-0.15, -0.1) is 0 Å². The van der Waals surface area contributed by atoms with Crippen LogP contribution in [0.1, 0.15) is 31.9 Å². The first kappa shape index (κ1) is 19.5. The summed E-state index contributed by atoms with van der Waals surface area (Å²) in [6.45, 7) is 8.98. The molecule has 5 aromatic rings. The smallest absolute Gasteiger partial charge is 0.0783 e. The third-order valence-electron chi connectivity index (χ3n) is 6.22. The summed E-state index contributed by atoms with van der Waals surface area (Å²) in [6, 6.07) is 30.7. The van der Waals surface area contributed by atoms with Crippen molar-refractivity contribution in [3.8, 4) is 22.4 Å². The summed E-state index contributed by atoms with van der Waals surface area (Å²) in [4.78, 5) is 4.82. The molecule has 1 nitrogen and oxygen atoms in total. The summed E-state index contributed by atoms with van der Waals surface area (Å²) >= 11 is 0. The zero-order chi connectivity index (χ0) is 21.6. The zero-order valence-corrected chi connectivity index (χ0v) is 18.6. The molecule has 0 radical (unpaired) electrons. The summed E-state index contributed by atoms with van der Waals surface area (Å²) in [5.41, 5.74) is 7.44. The van der Waals surface area contributed by atoms with Crippen LogP contribution in [0.3, 0.4) is 0 Å². The Bertz CT molecular complexity index is 1410. The molecular weight excluding hydrogens is 374 g/mol. The summed E-state index contributed by atoms with van der Waals surface area (Å²) < 4.78 is 0. The lowest BCUT2D eigenvalue weighted by Gasteiger charge is -2.20. The third kappa shape index (κ3) is 3.51. The molecular formula is C30H27N. The molecule has 0 aliphatic carbocycles. The van der Waals surface area contributed by atoms with E-state index in [1.165, 1.54) is 49.4 Å². The Morgan fingerprint density at radius 1 is 0.645 bits per heavy atom. The van der Waals surface area contributed by atoms with Crippen molar-refractivity contribution in [2.75, 3.05) is 0 Å². The summed E-state index contributed by atoms with van der Waals surface area (Å²) in [5, 5.41) is 5.04. The minimum absolute atomic E-state index is 0.121. The van der Waals surface area contributed by atoms with Crippen LogP contribution in [-0.2, 0) is 5.41 Å². The number of fused-ring (bicyclic) bond motifs is 3. The molecule has 1 aromatic heterocycles. The highest BCUT2D eigenvalue weighted by Crippen LogP contribution is 2.36. The lowest BCUT2D eigenvalue weighted by atomic mass is 9.85. The van der Waals surface area contributed by atoms with Crippen molar-refractivity contribution in [3.63, 3.8) is 0 Å². The Labute approximate surface area is 184 Å². The molecule has 0 unspecified atom stereocenters. The Morgan fingerprint density at radius 2 is 1.42 bits per heavy atom. The molecule has 1 heteroatoms. The Kier molecular flexibility index (Phi) is 4.63. The lowest BCUT2D eigenvalue weighted by Crippen LogP contribution is -2.10. The van der Waals surface area contributed by atoms with Crippen LogP contribution in [0.4, 0.5) is 0 Å². The number of pyridine rings is 1. The van der Waals surface area contributed by atoms with Crippen LogP contribution in [0.15, 0.2) is 91.1 Å². The van der Waals surface area contributed by atoms with Crippen LogP contribution in [0.2, 0.25) is 0 Å². The molecule has 0 bridgehead atoms. The number of rotatable bonds is 2. The third-order valence-corrected chi connectivity index (χ3v) is 6.22. The van der Waals surface area contributed by atoms with Gasteiger partial charge < -0.3 is 0 Å². The van der Waals surface area contributed by atoms with Crippen molar-refractivity contribution in [1.29, 1.82) is 0 Å². The van der Waals surface area contributed by atoms with Gasteiger partial charge in [-0.25, -0.2) is 0 Å². The van der Waals surface area contributed by atoms with Crippen LogP contribution >= 0.6 is 0 Å². The van der Waals surface area contributed by atoms with E-state index in [2.05, 4.69) is 113 Å². The predicted octanol–water partition coefficient (Wildman–Crippen LogP) is 8.33. The zero-order valence-electron chi connectivity index (χ0n) is 18.6. The van der Waals surface area contributed by atoms with E-state index in [1.807, 2.05) is 6.20 Å². The van der Waals surface area contributed by atoms with Crippen molar-refractivity contribution < 1.29 is 0 Å². The summed E-state index contributed by atoms with van der Waals surface area (Å²) in [5.74, 6) is 0. The lowest BCUT2D eigenvalue weighted by molar-refractivity contribution is 0.591. The van der Waals surface area contributed by atoms with Crippen LogP contribution in [-0.4, -0.2) is 4.98 Å². The van der Waals surface area contributed by atoms with Crippen molar-refractivity contribution in [2.45, 2.75) is 33.1 Å². The highest BCUT2D eigenvalue weighted by molar-refractivity contribution is 6.11. The fourth-order valence-corrected chi connectivity index (χ4v) is 4.41. The van der Waals surface area contributed by atoms with Gasteiger partial charge in [-0.05, 0) is 62.9 Å². The molecule has 152 valence electrons. The molecule has 0 saturated heterocycles. The molecule has 0 aliphatic heterocycles. The van der Waals surface area contributed by atoms with Crippen LogP contribution in [0, 0.1) is 6.92 Å². The highest BCUT2D eigenvalue weighted by Gasteiger charge is 2.16. The average Bonchev–Trinajstić information content (AvgIpc) is 2.78. The Morgan fingerprint density at radius 3 is 2.16 bits per heavy atom. The number of aromatic nitrogens is 1. The molecule has 1 heterocycles. The largest absolute Gasteiger partial charge is 0.256 e. The van der Waals surface area contributed by atoms with E-state index in [0.29, 0.717) is 0 Å². The first-order valence-electron chi connectivity index (χ1n) is 10.9. The van der Waals surface area contributed by atoms with Crippen LogP contribution in [0.25, 0.3) is 43.9 Å². The van der Waals surface area contributed by atoms with E-state index in [-0.39, 0.29) is 5.41 Å². The predicted molar refractivity (Wildman–Crippen MR) is 134 cm³/mol. The maximum Gasteiger partial charge on any atom is 0.0783 e. The molecule has 5 rings (SSSR count). The second-order valence-electron chi connectivity index (χ2n) is 9.40. The van der Waals surface area contributed by atoms with Crippen molar-refractivity contribution in [2.24, 2.45) is 0 Å². The molecule has 0 aliphatic rings. The van der Waals surface area contributed by atoms with E-state index in [1.54, 1.807) is 0 Å². The SMILES string of the molecule is Cc1cc(-c2ccccc2)ccc1-c1nccc2c1ccc1ccc(C(C)(C)C)cc12. The molecule has 0 amide bonds. The first-order valence-corrected chi connectivity index (χ1v) is 10.9. The van der Waals surface area contributed by atoms with E-state index < -0.39 is 0 Å². The minimum atomic E-state index is 0.121. The number of nitrogens with zero attached hydrogens (tertiary/aromatic N) is 1. The Balaban J connectivity index is 1.70. The van der Waals surface area contributed by atoms with Gasteiger partial charge in [0.2, 0.25) is 0 Å². The molecule has 0 N–H and O–H groups in total. The van der Waals surface area contributed by atoms with Gasteiger partial charge in [0, 0.05) is 17.1 Å². The maximum atomic E-state index is 4.82. The van der Waals surface area contributed by atoms with Crippen LogP contribution < -0.4 is 0 Å². The minimum Gasteiger partial charge on any atom is -0.256 e. The van der Waals surface area contributed by atoms with E-state index in [0.717, 1.165) is 5.69 Å². The van der Waals surface area contributed by atoms with Crippen LogP contribution in [0.5, 0.6) is 0 Å². The highest BCUT2D eigenvalue weighted by atomic mass is 14.7.